The highest BCUT2D eigenvalue weighted by Crippen LogP contribution is 2.35. The van der Waals surface area contributed by atoms with Crippen LogP contribution in [0.4, 0.5) is 4.39 Å². The molecule has 0 saturated carbocycles. The van der Waals surface area contributed by atoms with Gasteiger partial charge in [-0.15, -0.1) is 0 Å². The van der Waals surface area contributed by atoms with Gasteiger partial charge in [-0.3, -0.25) is 9.69 Å². The first-order valence-corrected chi connectivity index (χ1v) is 12.6. The monoisotopic (exact) mass is 515 g/mol. The molecule has 1 aromatic heterocycles. The minimum atomic E-state index is -0.280. The van der Waals surface area contributed by atoms with Crippen LogP contribution in [0.5, 0.6) is 5.75 Å². The SMILES string of the molecule is CCN1C(=O)C(=Cc2cn(-c3ccccc3)nc2-c2cccc(OCc3ccc(F)cc3)c2)SC1=S. The summed E-state index contributed by atoms with van der Waals surface area (Å²) in [5.74, 6) is 0.287. The molecular formula is C28H22FN3O2S2. The number of nitrogens with zero attached hydrogens (tertiary/aromatic N) is 3. The second-order valence-electron chi connectivity index (χ2n) is 8.08. The Kier molecular flexibility index (Phi) is 6.97. The summed E-state index contributed by atoms with van der Waals surface area (Å²) in [5.41, 5.74) is 4.13. The number of hydrogen-bond donors (Lipinski definition) is 0. The molecule has 5 nitrogen and oxygen atoms in total. The number of benzene rings is 3. The fourth-order valence-electron chi connectivity index (χ4n) is 3.82. The molecule has 0 bridgehead atoms. The van der Waals surface area contributed by atoms with E-state index in [0.717, 1.165) is 22.4 Å². The summed E-state index contributed by atoms with van der Waals surface area (Å²) in [6.45, 7) is 2.75. The number of thioether (sulfide) groups is 1. The Morgan fingerprint density at radius 1 is 1.06 bits per heavy atom. The third-order valence-electron chi connectivity index (χ3n) is 5.67. The van der Waals surface area contributed by atoms with Crippen molar-refractivity contribution < 1.29 is 13.9 Å². The normalized spacial score (nSPS) is 14.6. The molecule has 3 aromatic carbocycles. The third-order valence-corrected chi connectivity index (χ3v) is 7.04. The Morgan fingerprint density at radius 3 is 2.56 bits per heavy atom. The van der Waals surface area contributed by atoms with Crippen LogP contribution in [0.2, 0.25) is 0 Å². The number of likely N-dealkylation sites (N-methyl/N-ethyl adjacent to an activating group) is 1. The first kappa shape index (κ1) is 24.0. The summed E-state index contributed by atoms with van der Waals surface area (Å²) < 4.78 is 21.5. The van der Waals surface area contributed by atoms with E-state index in [1.807, 2.05) is 73.8 Å². The second kappa shape index (κ2) is 10.5. The van der Waals surface area contributed by atoms with Gasteiger partial charge >= 0.3 is 0 Å². The summed E-state index contributed by atoms with van der Waals surface area (Å²) in [5, 5.41) is 4.85. The smallest absolute Gasteiger partial charge is 0.266 e. The Morgan fingerprint density at radius 2 is 1.83 bits per heavy atom. The lowest BCUT2D eigenvalue weighted by molar-refractivity contribution is -0.121. The molecule has 0 unspecified atom stereocenters. The Hall–Kier alpha value is -3.75. The van der Waals surface area contributed by atoms with Crippen LogP contribution in [0.3, 0.4) is 0 Å². The number of thiocarbonyl (C=S) groups is 1. The maximum atomic E-state index is 13.2. The van der Waals surface area contributed by atoms with E-state index in [-0.39, 0.29) is 11.7 Å². The first-order chi connectivity index (χ1) is 17.5. The molecule has 0 atom stereocenters. The van der Waals surface area contributed by atoms with Crippen molar-refractivity contribution in [3.8, 4) is 22.7 Å². The Labute approximate surface area is 218 Å². The predicted molar refractivity (Wildman–Crippen MR) is 145 cm³/mol. The van der Waals surface area contributed by atoms with Crippen molar-refractivity contribution in [1.82, 2.24) is 14.7 Å². The van der Waals surface area contributed by atoms with E-state index in [9.17, 15) is 9.18 Å². The number of halogens is 1. The van der Waals surface area contributed by atoms with Gasteiger partial charge in [0.15, 0.2) is 0 Å². The minimum Gasteiger partial charge on any atom is -0.489 e. The van der Waals surface area contributed by atoms with Crippen LogP contribution >= 0.6 is 24.0 Å². The number of carbonyl (C=O) groups is 1. The summed E-state index contributed by atoms with van der Waals surface area (Å²) in [6, 6.07) is 23.7. The van der Waals surface area contributed by atoms with E-state index in [1.165, 1.54) is 23.9 Å². The van der Waals surface area contributed by atoms with E-state index in [1.54, 1.807) is 21.7 Å². The molecule has 0 N–H and O–H groups in total. The molecule has 180 valence electrons. The molecule has 2 heterocycles. The molecule has 0 radical (unpaired) electrons. The first-order valence-electron chi connectivity index (χ1n) is 11.4. The van der Waals surface area contributed by atoms with Gasteiger partial charge in [0, 0.05) is 23.9 Å². The molecule has 1 fully saturated rings. The average Bonchev–Trinajstić information content (AvgIpc) is 3.44. The molecular weight excluding hydrogens is 493 g/mol. The predicted octanol–water partition coefficient (Wildman–Crippen LogP) is 6.48. The van der Waals surface area contributed by atoms with Crippen molar-refractivity contribution in [2.75, 3.05) is 6.54 Å². The molecule has 8 heteroatoms. The van der Waals surface area contributed by atoms with E-state index < -0.39 is 0 Å². The van der Waals surface area contributed by atoms with E-state index >= 15 is 0 Å². The van der Waals surface area contributed by atoms with Crippen LogP contribution in [-0.4, -0.2) is 31.5 Å². The van der Waals surface area contributed by atoms with Gasteiger partial charge in [-0.2, -0.15) is 5.10 Å². The molecule has 0 spiro atoms. The number of aromatic nitrogens is 2. The van der Waals surface area contributed by atoms with E-state index in [2.05, 4.69) is 0 Å². The van der Waals surface area contributed by atoms with Crippen molar-refractivity contribution in [3.05, 3.63) is 107 Å². The zero-order valence-electron chi connectivity index (χ0n) is 19.4. The van der Waals surface area contributed by atoms with Gasteiger partial charge < -0.3 is 4.74 Å². The van der Waals surface area contributed by atoms with Crippen molar-refractivity contribution in [2.24, 2.45) is 0 Å². The number of para-hydroxylation sites is 1. The number of ether oxygens (including phenoxy) is 1. The van der Waals surface area contributed by atoms with Crippen molar-refractivity contribution in [1.29, 1.82) is 0 Å². The lowest BCUT2D eigenvalue weighted by atomic mass is 10.1. The molecule has 1 aliphatic rings. The summed E-state index contributed by atoms with van der Waals surface area (Å²) in [4.78, 5) is 15.0. The van der Waals surface area contributed by atoms with E-state index in [0.29, 0.717) is 33.8 Å². The highest BCUT2D eigenvalue weighted by atomic mass is 32.2. The van der Waals surface area contributed by atoms with Crippen LogP contribution in [0, 0.1) is 5.82 Å². The Bertz CT molecular complexity index is 1450. The molecule has 1 aliphatic heterocycles. The standard InChI is InChI=1S/C28H22FN3O2S2/c1-2-31-27(33)25(36-28(31)35)16-21-17-32(23-8-4-3-5-9-23)30-26(21)20-7-6-10-24(15-20)34-18-19-11-13-22(29)14-12-19/h3-17H,2,18H2,1H3. The number of rotatable bonds is 7. The van der Waals surface area contributed by atoms with E-state index in [4.69, 9.17) is 22.1 Å². The number of hydrogen-bond acceptors (Lipinski definition) is 5. The van der Waals surface area contributed by atoms with Crippen molar-refractivity contribution in [2.45, 2.75) is 13.5 Å². The molecule has 36 heavy (non-hydrogen) atoms. The zero-order chi connectivity index (χ0) is 25.1. The molecule has 1 saturated heterocycles. The van der Waals surface area contributed by atoms with Gasteiger partial charge in [0.2, 0.25) is 0 Å². The van der Waals surface area contributed by atoms with Gasteiger partial charge in [-0.1, -0.05) is 66.4 Å². The summed E-state index contributed by atoms with van der Waals surface area (Å²) in [6.07, 6.45) is 3.76. The van der Waals surface area contributed by atoms with Crippen LogP contribution in [0.1, 0.15) is 18.1 Å². The summed E-state index contributed by atoms with van der Waals surface area (Å²) >= 11 is 6.68. The molecule has 1 amide bonds. The van der Waals surface area contributed by atoms with Crippen molar-refractivity contribution in [3.63, 3.8) is 0 Å². The number of amides is 1. The van der Waals surface area contributed by atoms with Crippen LogP contribution in [0.25, 0.3) is 23.0 Å². The fraction of sp³-hybridized carbons (Fsp3) is 0.107. The third kappa shape index (κ3) is 5.10. The summed E-state index contributed by atoms with van der Waals surface area (Å²) in [7, 11) is 0. The Balaban J connectivity index is 1.50. The topological polar surface area (TPSA) is 47.4 Å². The maximum Gasteiger partial charge on any atom is 0.266 e. The highest BCUT2D eigenvalue weighted by molar-refractivity contribution is 8.26. The van der Waals surface area contributed by atoms with Crippen molar-refractivity contribution >= 4 is 40.3 Å². The molecule has 0 aliphatic carbocycles. The van der Waals surface area contributed by atoms with Crippen LogP contribution < -0.4 is 4.74 Å². The lowest BCUT2D eigenvalue weighted by Gasteiger charge is -2.09. The molecule has 4 aromatic rings. The van der Waals surface area contributed by atoms with Gasteiger partial charge in [0.25, 0.3) is 5.91 Å². The van der Waals surface area contributed by atoms with Gasteiger partial charge in [0.05, 0.1) is 10.6 Å². The molecule has 5 rings (SSSR count). The average molecular weight is 516 g/mol. The van der Waals surface area contributed by atoms with Gasteiger partial charge in [-0.25, -0.2) is 9.07 Å². The maximum absolute atomic E-state index is 13.2. The minimum absolute atomic E-state index is 0.0951. The quantitative estimate of drug-likeness (QED) is 0.208. The zero-order valence-corrected chi connectivity index (χ0v) is 21.1. The van der Waals surface area contributed by atoms with Gasteiger partial charge in [0.1, 0.15) is 28.2 Å². The van der Waals surface area contributed by atoms with Crippen LogP contribution in [-0.2, 0) is 11.4 Å². The van der Waals surface area contributed by atoms with Crippen LogP contribution in [0.15, 0.2) is 90.0 Å². The highest BCUT2D eigenvalue weighted by Gasteiger charge is 2.31. The lowest BCUT2D eigenvalue weighted by Crippen LogP contribution is -2.27. The largest absolute Gasteiger partial charge is 0.489 e. The second-order valence-corrected chi connectivity index (χ2v) is 9.76. The van der Waals surface area contributed by atoms with Gasteiger partial charge in [-0.05, 0) is 55.0 Å². The number of carbonyl (C=O) groups excluding carboxylic acids is 1. The fourth-order valence-corrected chi connectivity index (χ4v) is 5.20.